The molecule has 0 radical (unpaired) electrons. The highest BCUT2D eigenvalue weighted by molar-refractivity contribution is 5.94. The normalized spacial score (nSPS) is 19.8. The summed E-state index contributed by atoms with van der Waals surface area (Å²) in [5, 5.41) is 28.2. The molecule has 9 rings (SSSR count). The predicted molar refractivity (Wildman–Crippen MR) is 230 cm³/mol. The number of phenolic OH excluding ortho intramolecular Hbond substituents is 1. The second kappa shape index (κ2) is 19.1. The first kappa shape index (κ1) is 41.1. The zero-order valence-corrected chi connectivity index (χ0v) is 33.9. The van der Waals surface area contributed by atoms with Crippen LogP contribution in [0.1, 0.15) is 89.7 Å². The fraction of sp³-hybridized carbons (Fsp3) is 0.396. The summed E-state index contributed by atoms with van der Waals surface area (Å²) in [6.07, 6.45) is 5.69. The summed E-state index contributed by atoms with van der Waals surface area (Å²) in [5.74, 6) is 1.06. The number of H-pyrrole nitrogens is 1. The van der Waals surface area contributed by atoms with Gasteiger partial charge in [-0.05, 0) is 116 Å². The molecule has 4 heterocycles. The molecule has 1 aliphatic carbocycles. The number of aromatic nitrogens is 1. The highest BCUT2D eigenvalue weighted by Gasteiger charge is 2.37. The SMILES string of the molecule is O=C(NC(c1ccccc1)c1cccc(OCc2ccc(C(=O)N(CCCNC[C@@H](O)c3ccc(O)c4[nH]c(=O)ccc34)C3CCCC3)cc2)c1)O[C@H]1CN2CCC1CC2. The molecule has 1 saturated carbocycles. The predicted octanol–water partition coefficient (Wildman–Crippen LogP) is 6.82. The van der Waals surface area contributed by atoms with Crippen LogP contribution in [0.5, 0.6) is 11.5 Å². The number of nitrogens with one attached hydrogen (secondary N) is 3. The number of rotatable bonds is 16. The molecule has 12 heteroatoms. The number of phenols is 1. The van der Waals surface area contributed by atoms with E-state index in [1.165, 1.54) is 12.1 Å². The molecule has 4 aromatic carbocycles. The van der Waals surface area contributed by atoms with Gasteiger partial charge in [-0.3, -0.25) is 14.5 Å². The van der Waals surface area contributed by atoms with E-state index in [0.717, 1.165) is 74.8 Å². The van der Waals surface area contributed by atoms with Crippen molar-refractivity contribution in [1.82, 2.24) is 25.4 Å². The molecule has 0 spiro atoms. The maximum atomic E-state index is 13.9. The van der Waals surface area contributed by atoms with Gasteiger partial charge in [0.1, 0.15) is 24.2 Å². The lowest BCUT2D eigenvalue weighted by atomic mass is 9.86. The van der Waals surface area contributed by atoms with Crippen LogP contribution in [0.25, 0.3) is 10.9 Å². The number of piperidine rings is 3. The Morgan fingerprint density at radius 1 is 0.883 bits per heavy atom. The molecule has 2 bridgehead atoms. The summed E-state index contributed by atoms with van der Waals surface area (Å²) in [7, 11) is 0. The number of nitrogens with zero attached hydrogens (tertiary/aromatic N) is 2. The van der Waals surface area contributed by atoms with E-state index >= 15 is 0 Å². The Morgan fingerprint density at radius 2 is 1.65 bits per heavy atom. The number of benzene rings is 4. The number of hydrogen-bond acceptors (Lipinski definition) is 9. The van der Waals surface area contributed by atoms with E-state index < -0.39 is 18.2 Å². The highest BCUT2D eigenvalue weighted by atomic mass is 16.6. The van der Waals surface area contributed by atoms with Crippen LogP contribution in [0, 0.1) is 5.92 Å². The second-order valence-electron chi connectivity index (χ2n) is 16.4. The van der Waals surface area contributed by atoms with Crippen molar-refractivity contribution in [1.29, 1.82) is 0 Å². The van der Waals surface area contributed by atoms with Crippen molar-refractivity contribution >= 4 is 22.9 Å². The monoisotopic (exact) mass is 813 g/mol. The number of aromatic hydroxyl groups is 1. The average molecular weight is 814 g/mol. The molecule has 3 atom stereocenters. The number of aromatic amines is 1. The molecule has 4 aliphatic rings. The zero-order valence-electron chi connectivity index (χ0n) is 33.9. The molecule has 314 valence electrons. The third kappa shape index (κ3) is 9.84. The molecule has 3 aliphatic heterocycles. The van der Waals surface area contributed by atoms with E-state index in [9.17, 15) is 24.6 Å². The molecule has 4 fully saturated rings. The van der Waals surface area contributed by atoms with Crippen LogP contribution in [0.15, 0.2) is 108 Å². The number of ether oxygens (including phenoxy) is 2. The maximum Gasteiger partial charge on any atom is 0.408 e. The Hall–Kier alpha value is -5.69. The quantitative estimate of drug-likeness (QED) is 0.0675. The first-order valence-electron chi connectivity index (χ1n) is 21.4. The number of alkyl carbamates (subject to hydrolysis) is 1. The number of amides is 2. The number of carbonyl (C=O) groups excluding carboxylic acids is 2. The van der Waals surface area contributed by atoms with Crippen LogP contribution in [-0.4, -0.2) is 88.4 Å². The minimum absolute atomic E-state index is 0.0122. The number of carbonyl (C=O) groups is 2. The van der Waals surface area contributed by atoms with Crippen LogP contribution in [0.4, 0.5) is 4.79 Å². The van der Waals surface area contributed by atoms with Gasteiger partial charge in [-0.25, -0.2) is 4.79 Å². The molecule has 5 aromatic rings. The number of aliphatic hydroxyl groups excluding tert-OH is 1. The first-order chi connectivity index (χ1) is 29.3. The van der Waals surface area contributed by atoms with Crippen LogP contribution in [0.2, 0.25) is 0 Å². The number of pyridine rings is 1. The topological polar surface area (TPSA) is 156 Å². The average Bonchev–Trinajstić information content (AvgIpc) is 3.82. The molecule has 5 N–H and O–H groups in total. The number of aliphatic hydroxyl groups is 1. The standard InChI is InChI=1S/C48H55N5O7/c54-41-20-18-39(40-19-21-44(56)50-46(40)41)42(55)29-49-24-7-25-53(37-11-4-5-12-37)47(57)35-16-14-32(15-17-35)31-59-38-13-6-10-36(28-38)45(34-8-2-1-3-9-34)51-48(58)60-43-30-52-26-22-33(43)23-27-52/h1-3,6,8-10,13-21,28,33,37,42-43,45,49,54-55H,4-5,7,11-12,22-27,29-31H2,(H,50,56)(H,51,58)/t42-,43+,45?/m1/s1. The molecule has 2 amide bonds. The smallest absolute Gasteiger partial charge is 0.408 e. The van der Waals surface area contributed by atoms with Gasteiger partial charge in [0, 0.05) is 42.7 Å². The molecule has 3 saturated heterocycles. The molecular formula is C48H55N5O7. The maximum absolute atomic E-state index is 13.9. The van der Waals surface area contributed by atoms with Gasteiger partial charge in [0.2, 0.25) is 5.56 Å². The number of fused-ring (bicyclic) bond motifs is 4. The lowest BCUT2D eigenvalue weighted by Crippen LogP contribution is -2.52. The minimum atomic E-state index is -0.850. The second-order valence-corrected chi connectivity index (χ2v) is 16.4. The van der Waals surface area contributed by atoms with Gasteiger partial charge in [0.15, 0.2) is 0 Å². The zero-order chi connectivity index (χ0) is 41.4. The van der Waals surface area contributed by atoms with Gasteiger partial charge in [-0.1, -0.05) is 73.5 Å². The summed E-state index contributed by atoms with van der Waals surface area (Å²) in [5.41, 5.74) is 3.98. The van der Waals surface area contributed by atoms with Gasteiger partial charge in [0.05, 0.1) is 17.7 Å². The van der Waals surface area contributed by atoms with E-state index in [0.29, 0.717) is 59.8 Å². The fourth-order valence-corrected chi connectivity index (χ4v) is 9.14. The Bertz CT molecular complexity index is 2290. The summed E-state index contributed by atoms with van der Waals surface area (Å²) in [4.78, 5) is 46.0. The van der Waals surface area contributed by atoms with Crippen LogP contribution in [-0.2, 0) is 11.3 Å². The molecule has 1 unspecified atom stereocenters. The Balaban J connectivity index is 0.853. The van der Waals surface area contributed by atoms with Crippen molar-refractivity contribution in [2.45, 2.75) is 75.8 Å². The number of hydrogen-bond donors (Lipinski definition) is 5. The third-order valence-electron chi connectivity index (χ3n) is 12.4. The van der Waals surface area contributed by atoms with Crippen LogP contribution in [0.3, 0.4) is 0 Å². The van der Waals surface area contributed by atoms with Gasteiger partial charge in [-0.2, -0.15) is 0 Å². The van der Waals surface area contributed by atoms with Crippen molar-refractivity contribution in [2.24, 2.45) is 5.92 Å². The van der Waals surface area contributed by atoms with Crippen LogP contribution >= 0.6 is 0 Å². The van der Waals surface area contributed by atoms with Crippen molar-refractivity contribution in [3.63, 3.8) is 0 Å². The third-order valence-corrected chi connectivity index (χ3v) is 12.4. The molecule has 12 nitrogen and oxygen atoms in total. The van der Waals surface area contributed by atoms with Gasteiger partial charge < -0.3 is 40.2 Å². The van der Waals surface area contributed by atoms with E-state index in [2.05, 4.69) is 20.5 Å². The largest absolute Gasteiger partial charge is 0.506 e. The van der Waals surface area contributed by atoms with Crippen LogP contribution < -0.4 is 20.9 Å². The van der Waals surface area contributed by atoms with Crippen molar-refractivity contribution in [2.75, 3.05) is 39.3 Å². The lowest BCUT2D eigenvalue weighted by Gasteiger charge is -2.43. The van der Waals surface area contributed by atoms with Crippen molar-refractivity contribution < 1.29 is 29.3 Å². The Morgan fingerprint density at radius 3 is 2.40 bits per heavy atom. The summed E-state index contributed by atoms with van der Waals surface area (Å²) < 4.78 is 12.3. The first-order valence-corrected chi connectivity index (χ1v) is 21.4. The fourth-order valence-electron chi connectivity index (χ4n) is 9.14. The summed E-state index contributed by atoms with van der Waals surface area (Å²) in [6, 6.07) is 31.2. The van der Waals surface area contributed by atoms with E-state index in [-0.39, 0.29) is 35.9 Å². The van der Waals surface area contributed by atoms with E-state index in [1.807, 2.05) is 83.8 Å². The Kier molecular flexibility index (Phi) is 13.1. The van der Waals surface area contributed by atoms with Gasteiger partial charge >= 0.3 is 6.09 Å². The highest BCUT2D eigenvalue weighted by Crippen LogP contribution is 2.32. The summed E-state index contributed by atoms with van der Waals surface area (Å²) >= 11 is 0. The molecular weight excluding hydrogens is 759 g/mol. The molecule has 60 heavy (non-hydrogen) atoms. The summed E-state index contributed by atoms with van der Waals surface area (Å²) in [6.45, 7) is 4.74. The van der Waals surface area contributed by atoms with Crippen molar-refractivity contribution in [3.05, 3.63) is 141 Å². The van der Waals surface area contributed by atoms with E-state index in [1.54, 1.807) is 12.1 Å². The minimum Gasteiger partial charge on any atom is -0.506 e. The van der Waals surface area contributed by atoms with Gasteiger partial charge in [0.25, 0.3) is 5.91 Å². The Labute approximate surface area is 350 Å². The lowest BCUT2D eigenvalue weighted by molar-refractivity contribution is -0.0336. The van der Waals surface area contributed by atoms with E-state index in [4.69, 9.17) is 9.47 Å². The van der Waals surface area contributed by atoms with Crippen molar-refractivity contribution in [3.8, 4) is 11.5 Å². The molecule has 1 aromatic heterocycles. The van der Waals surface area contributed by atoms with Gasteiger partial charge in [-0.15, -0.1) is 0 Å².